The molecule has 0 aliphatic carbocycles. The molecule has 0 heterocycles. The fraction of sp³-hybridized carbons (Fsp3) is 1.00. The van der Waals surface area contributed by atoms with Crippen molar-refractivity contribution in [2.75, 3.05) is 13.7 Å². The number of methoxy groups -OCH3 is 1. The molecule has 0 saturated heterocycles. The maximum atomic E-state index is 9.47. The molecular formula is C7H17NO2. The molecule has 0 radical (unpaired) electrons. The molecule has 1 atom stereocenters. The zero-order chi connectivity index (χ0) is 8.41. The minimum Gasteiger partial charge on any atom is -0.388 e. The number of ether oxygens (including phenoxy) is 1. The van der Waals surface area contributed by atoms with Crippen molar-refractivity contribution in [1.82, 2.24) is 0 Å². The molecule has 3 N–H and O–H groups in total. The number of aliphatic hydroxyl groups is 1. The third-order valence-electron chi connectivity index (χ3n) is 1.84. The van der Waals surface area contributed by atoms with E-state index in [9.17, 15) is 5.11 Å². The second-order valence-corrected chi connectivity index (χ2v) is 3.41. The van der Waals surface area contributed by atoms with Crippen molar-refractivity contribution in [3.05, 3.63) is 0 Å². The molecule has 0 bridgehead atoms. The highest BCUT2D eigenvalue weighted by molar-refractivity contribution is 4.93. The summed E-state index contributed by atoms with van der Waals surface area (Å²) in [6, 6.07) is 0. The van der Waals surface area contributed by atoms with Gasteiger partial charge in [-0.05, 0) is 20.8 Å². The molecule has 0 saturated carbocycles. The Hall–Kier alpha value is -0.120. The third kappa shape index (κ3) is 2.25. The van der Waals surface area contributed by atoms with Gasteiger partial charge in [0, 0.05) is 7.11 Å². The van der Waals surface area contributed by atoms with Crippen LogP contribution in [-0.4, -0.2) is 30.0 Å². The molecule has 0 aliphatic heterocycles. The lowest BCUT2D eigenvalue weighted by Gasteiger charge is -2.36. The number of rotatable bonds is 3. The monoisotopic (exact) mass is 147 g/mol. The first-order valence-corrected chi connectivity index (χ1v) is 3.31. The van der Waals surface area contributed by atoms with E-state index in [2.05, 4.69) is 0 Å². The quantitative estimate of drug-likeness (QED) is 0.596. The van der Waals surface area contributed by atoms with Crippen LogP contribution in [0.5, 0.6) is 0 Å². The van der Waals surface area contributed by atoms with E-state index < -0.39 is 11.1 Å². The van der Waals surface area contributed by atoms with Crippen molar-refractivity contribution in [2.24, 2.45) is 5.73 Å². The van der Waals surface area contributed by atoms with E-state index in [0.29, 0.717) is 6.61 Å². The summed E-state index contributed by atoms with van der Waals surface area (Å²) in [4.78, 5) is 0. The molecule has 62 valence electrons. The molecule has 3 nitrogen and oxygen atoms in total. The number of hydrogen-bond donors (Lipinski definition) is 2. The van der Waals surface area contributed by atoms with Crippen LogP contribution >= 0.6 is 0 Å². The van der Waals surface area contributed by atoms with Crippen LogP contribution in [0.4, 0.5) is 0 Å². The largest absolute Gasteiger partial charge is 0.388 e. The van der Waals surface area contributed by atoms with Gasteiger partial charge in [0.1, 0.15) is 0 Å². The molecule has 1 unspecified atom stereocenters. The van der Waals surface area contributed by atoms with Gasteiger partial charge >= 0.3 is 0 Å². The van der Waals surface area contributed by atoms with Gasteiger partial charge in [-0.25, -0.2) is 0 Å². The van der Waals surface area contributed by atoms with Gasteiger partial charge in [-0.1, -0.05) is 0 Å². The molecular weight excluding hydrogens is 130 g/mol. The fourth-order valence-corrected chi connectivity index (χ4v) is 0.476. The molecule has 0 aromatic rings. The summed E-state index contributed by atoms with van der Waals surface area (Å²) in [5.41, 5.74) is 4.15. The summed E-state index contributed by atoms with van der Waals surface area (Å²) in [5.74, 6) is 0. The van der Waals surface area contributed by atoms with E-state index in [4.69, 9.17) is 10.5 Å². The van der Waals surface area contributed by atoms with Crippen LogP contribution in [0.3, 0.4) is 0 Å². The second kappa shape index (κ2) is 2.86. The van der Waals surface area contributed by atoms with Crippen LogP contribution in [0.15, 0.2) is 0 Å². The first kappa shape index (κ1) is 9.88. The average Bonchev–Trinajstić information content (AvgIpc) is 1.61. The highest BCUT2D eigenvalue weighted by Crippen LogP contribution is 2.17. The van der Waals surface area contributed by atoms with E-state index in [1.165, 1.54) is 0 Å². The molecule has 10 heavy (non-hydrogen) atoms. The molecule has 0 aromatic heterocycles. The normalized spacial score (nSPS) is 18.6. The molecule has 0 amide bonds. The summed E-state index contributed by atoms with van der Waals surface area (Å²) in [6.07, 6.45) is 0. The van der Waals surface area contributed by atoms with Crippen LogP contribution in [0.25, 0.3) is 0 Å². The summed E-state index contributed by atoms with van der Waals surface area (Å²) < 4.78 is 4.85. The number of nitrogens with two attached hydrogens (primary N) is 1. The van der Waals surface area contributed by atoms with Crippen LogP contribution in [0.1, 0.15) is 20.8 Å². The zero-order valence-corrected chi connectivity index (χ0v) is 7.14. The maximum Gasteiger partial charge on any atom is 0.0790 e. The van der Waals surface area contributed by atoms with E-state index in [1.54, 1.807) is 27.9 Å². The molecule has 0 aliphatic rings. The minimum atomic E-state index is -0.900. The smallest absolute Gasteiger partial charge is 0.0790 e. The molecule has 0 rings (SSSR count). The second-order valence-electron chi connectivity index (χ2n) is 3.41. The van der Waals surface area contributed by atoms with Crippen molar-refractivity contribution in [3.63, 3.8) is 0 Å². The van der Waals surface area contributed by atoms with Crippen LogP contribution < -0.4 is 5.73 Å². The van der Waals surface area contributed by atoms with E-state index in [0.717, 1.165) is 0 Å². The van der Waals surface area contributed by atoms with E-state index in [1.807, 2.05) is 0 Å². The summed E-state index contributed by atoms with van der Waals surface area (Å²) >= 11 is 0. The van der Waals surface area contributed by atoms with Crippen LogP contribution in [0, 0.1) is 0 Å². The maximum absolute atomic E-state index is 9.47. The summed E-state index contributed by atoms with van der Waals surface area (Å²) in [5, 5.41) is 9.47. The van der Waals surface area contributed by atoms with Crippen molar-refractivity contribution < 1.29 is 9.84 Å². The lowest BCUT2D eigenvalue weighted by Crippen LogP contribution is -2.58. The Kier molecular flexibility index (Phi) is 2.83. The number of hydrogen-bond acceptors (Lipinski definition) is 3. The van der Waals surface area contributed by atoms with E-state index >= 15 is 0 Å². The minimum absolute atomic E-state index is 0.358. The summed E-state index contributed by atoms with van der Waals surface area (Å²) in [7, 11) is 1.57. The first-order chi connectivity index (χ1) is 4.31. The van der Waals surface area contributed by atoms with Crippen LogP contribution in [-0.2, 0) is 4.74 Å². The topological polar surface area (TPSA) is 55.5 Å². The van der Waals surface area contributed by atoms with Crippen LogP contribution in [0.2, 0.25) is 0 Å². The van der Waals surface area contributed by atoms with Crippen molar-refractivity contribution in [3.8, 4) is 0 Å². The van der Waals surface area contributed by atoms with Gasteiger partial charge in [0.05, 0.1) is 17.7 Å². The molecule has 0 fully saturated rings. The van der Waals surface area contributed by atoms with Gasteiger partial charge in [0.15, 0.2) is 0 Å². The summed E-state index contributed by atoms with van der Waals surface area (Å²) in [6.45, 7) is 5.46. The Morgan fingerprint density at radius 1 is 1.40 bits per heavy atom. The van der Waals surface area contributed by atoms with Gasteiger partial charge in [-0.2, -0.15) is 0 Å². The van der Waals surface area contributed by atoms with E-state index in [-0.39, 0.29) is 0 Å². The standard InChI is InChI=1S/C7H17NO2/c1-6(2,9)7(3,8)5-10-4/h9H,5,8H2,1-4H3. The van der Waals surface area contributed by atoms with Crippen molar-refractivity contribution >= 4 is 0 Å². The molecule has 0 aromatic carbocycles. The van der Waals surface area contributed by atoms with Gasteiger partial charge < -0.3 is 15.6 Å². The Balaban J connectivity index is 4.10. The highest BCUT2D eigenvalue weighted by Gasteiger charge is 2.35. The predicted octanol–water partition coefficient (Wildman–Crippen LogP) is 0.121. The van der Waals surface area contributed by atoms with Gasteiger partial charge in [0.25, 0.3) is 0 Å². The third-order valence-corrected chi connectivity index (χ3v) is 1.84. The van der Waals surface area contributed by atoms with Gasteiger partial charge in [-0.3, -0.25) is 0 Å². The Bertz CT molecular complexity index is 105. The zero-order valence-electron chi connectivity index (χ0n) is 7.14. The molecule has 3 heteroatoms. The lowest BCUT2D eigenvalue weighted by molar-refractivity contribution is -0.0295. The van der Waals surface area contributed by atoms with Gasteiger partial charge in [-0.15, -0.1) is 0 Å². The van der Waals surface area contributed by atoms with Crippen molar-refractivity contribution in [1.29, 1.82) is 0 Å². The van der Waals surface area contributed by atoms with Crippen molar-refractivity contribution in [2.45, 2.75) is 31.9 Å². The fourth-order valence-electron chi connectivity index (χ4n) is 0.476. The first-order valence-electron chi connectivity index (χ1n) is 3.31. The highest BCUT2D eigenvalue weighted by atomic mass is 16.5. The Morgan fingerprint density at radius 2 is 1.80 bits per heavy atom. The van der Waals surface area contributed by atoms with Gasteiger partial charge in [0.2, 0.25) is 0 Å². The molecule has 0 spiro atoms. The Labute approximate surface area is 62.2 Å². The predicted molar refractivity (Wildman–Crippen MR) is 40.8 cm³/mol. The average molecular weight is 147 g/mol. The lowest BCUT2D eigenvalue weighted by atomic mass is 9.86. The SMILES string of the molecule is COCC(C)(N)C(C)(C)O. The Morgan fingerprint density at radius 3 is 1.90 bits per heavy atom.